The maximum atomic E-state index is 11.2. The minimum atomic E-state index is -0.686. The fourth-order valence-electron chi connectivity index (χ4n) is 3.09. The maximum Gasteiger partial charge on any atom is 0.306 e. The van der Waals surface area contributed by atoms with Gasteiger partial charge in [0.25, 0.3) is 0 Å². The summed E-state index contributed by atoms with van der Waals surface area (Å²) in [5, 5.41) is 9.96. The molecule has 0 radical (unpaired) electrons. The van der Waals surface area contributed by atoms with Crippen molar-refractivity contribution >= 4 is 17.6 Å². The highest BCUT2D eigenvalue weighted by molar-refractivity contribution is 6.30. The van der Waals surface area contributed by atoms with Crippen LogP contribution in [0.2, 0.25) is 5.02 Å². The molecule has 2 rings (SSSR count). The first kappa shape index (κ1) is 13.4. The van der Waals surface area contributed by atoms with Gasteiger partial charge in [-0.15, -0.1) is 0 Å². The van der Waals surface area contributed by atoms with E-state index in [1.807, 2.05) is 25.1 Å². The van der Waals surface area contributed by atoms with Crippen molar-refractivity contribution in [1.82, 2.24) is 0 Å². The van der Waals surface area contributed by atoms with Gasteiger partial charge in [-0.05, 0) is 42.4 Å². The lowest BCUT2D eigenvalue weighted by molar-refractivity contribution is -0.143. The summed E-state index contributed by atoms with van der Waals surface area (Å²) in [5.74, 6) is -0.401. The third-order valence-corrected chi connectivity index (χ3v) is 4.36. The smallest absolute Gasteiger partial charge is 0.306 e. The van der Waals surface area contributed by atoms with E-state index in [0.717, 1.165) is 24.3 Å². The van der Waals surface area contributed by atoms with E-state index in [9.17, 15) is 9.90 Å². The summed E-state index contributed by atoms with van der Waals surface area (Å²) in [5.41, 5.74) is 1.19. The Hall–Kier alpha value is -1.02. The summed E-state index contributed by atoms with van der Waals surface area (Å²) >= 11 is 6.04. The number of aliphatic carboxylic acids is 1. The molecular weight excluding hydrogens is 248 g/mol. The molecule has 1 saturated carbocycles. The Morgan fingerprint density at radius 3 is 2.78 bits per heavy atom. The van der Waals surface area contributed by atoms with Gasteiger partial charge in [0, 0.05) is 5.02 Å². The Kier molecular flexibility index (Phi) is 4.28. The zero-order valence-corrected chi connectivity index (χ0v) is 11.4. The van der Waals surface area contributed by atoms with E-state index in [4.69, 9.17) is 11.6 Å². The third-order valence-electron chi connectivity index (χ3n) is 4.13. The Morgan fingerprint density at radius 2 is 2.11 bits per heavy atom. The van der Waals surface area contributed by atoms with Crippen molar-refractivity contribution in [2.75, 3.05) is 0 Å². The highest BCUT2D eigenvalue weighted by Gasteiger charge is 2.33. The summed E-state index contributed by atoms with van der Waals surface area (Å²) < 4.78 is 0. The number of benzene rings is 1. The van der Waals surface area contributed by atoms with E-state index in [-0.39, 0.29) is 11.8 Å². The monoisotopic (exact) mass is 266 g/mol. The molecule has 3 unspecified atom stereocenters. The molecule has 1 fully saturated rings. The molecule has 0 heterocycles. The second-order valence-electron chi connectivity index (χ2n) is 5.24. The zero-order valence-electron chi connectivity index (χ0n) is 10.6. The molecule has 98 valence electrons. The van der Waals surface area contributed by atoms with Crippen LogP contribution in [0.25, 0.3) is 0 Å². The van der Waals surface area contributed by atoms with Crippen molar-refractivity contribution in [1.29, 1.82) is 0 Å². The van der Waals surface area contributed by atoms with E-state index in [1.165, 1.54) is 12.0 Å². The van der Waals surface area contributed by atoms with Gasteiger partial charge in [0.15, 0.2) is 0 Å². The number of hydrogen-bond acceptors (Lipinski definition) is 1. The molecule has 18 heavy (non-hydrogen) atoms. The van der Waals surface area contributed by atoms with Gasteiger partial charge >= 0.3 is 5.97 Å². The number of carboxylic acid groups (broad SMARTS) is 1. The van der Waals surface area contributed by atoms with Crippen LogP contribution < -0.4 is 0 Å². The third kappa shape index (κ3) is 2.86. The summed E-state index contributed by atoms with van der Waals surface area (Å²) in [7, 11) is 0. The summed E-state index contributed by atoms with van der Waals surface area (Å²) in [6, 6.07) is 7.88. The van der Waals surface area contributed by atoms with E-state index >= 15 is 0 Å². The lowest BCUT2D eigenvalue weighted by Gasteiger charge is -2.34. The normalized spacial score (nSPS) is 25.7. The van der Waals surface area contributed by atoms with Gasteiger partial charge in [-0.2, -0.15) is 0 Å². The van der Waals surface area contributed by atoms with Crippen molar-refractivity contribution in [3.8, 4) is 0 Å². The van der Waals surface area contributed by atoms with Crippen molar-refractivity contribution < 1.29 is 9.90 Å². The molecule has 1 aliphatic carbocycles. The van der Waals surface area contributed by atoms with Crippen LogP contribution in [0.3, 0.4) is 0 Å². The van der Waals surface area contributed by atoms with Crippen LogP contribution in [-0.4, -0.2) is 11.1 Å². The minimum Gasteiger partial charge on any atom is -0.481 e. The van der Waals surface area contributed by atoms with E-state index < -0.39 is 5.97 Å². The molecule has 3 atom stereocenters. The molecule has 2 nitrogen and oxygen atoms in total. The number of carbonyl (C=O) groups is 1. The predicted molar refractivity (Wildman–Crippen MR) is 73.0 cm³/mol. The van der Waals surface area contributed by atoms with Crippen molar-refractivity contribution in [2.24, 2.45) is 11.8 Å². The number of halogens is 1. The predicted octanol–water partition coefficient (Wildman–Crippen LogP) is 4.33. The lowest BCUT2D eigenvalue weighted by Crippen LogP contribution is -2.28. The minimum absolute atomic E-state index is 0.231. The molecular formula is C15H19ClO2. The standard InChI is InChI=1S/C15H19ClO2/c1-10(15(17)18)13-7-2-3-8-14(13)11-5-4-6-12(16)9-11/h4-6,9-10,13-14H,2-3,7-8H2,1H3,(H,17,18). The topological polar surface area (TPSA) is 37.3 Å². The maximum absolute atomic E-state index is 11.2. The van der Waals surface area contributed by atoms with Crippen LogP contribution >= 0.6 is 11.6 Å². The van der Waals surface area contributed by atoms with Crippen LogP contribution in [0.4, 0.5) is 0 Å². The number of carboxylic acids is 1. The van der Waals surface area contributed by atoms with Gasteiger partial charge in [0.2, 0.25) is 0 Å². The van der Waals surface area contributed by atoms with E-state index in [1.54, 1.807) is 0 Å². The second-order valence-corrected chi connectivity index (χ2v) is 5.67. The molecule has 0 spiro atoms. The lowest BCUT2D eigenvalue weighted by atomic mass is 9.70. The van der Waals surface area contributed by atoms with Crippen LogP contribution in [0.5, 0.6) is 0 Å². The largest absolute Gasteiger partial charge is 0.481 e. The van der Waals surface area contributed by atoms with Crippen molar-refractivity contribution in [2.45, 2.75) is 38.5 Å². The SMILES string of the molecule is CC(C(=O)O)C1CCCCC1c1cccc(Cl)c1. The highest BCUT2D eigenvalue weighted by Crippen LogP contribution is 2.42. The van der Waals surface area contributed by atoms with Crippen LogP contribution in [-0.2, 0) is 4.79 Å². The van der Waals surface area contributed by atoms with Gasteiger partial charge < -0.3 is 5.11 Å². The molecule has 3 heteroatoms. The van der Waals surface area contributed by atoms with Crippen LogP contribution in [0.15, 0.2) is 24.3 Å². The Morgan fingerprint density at radius 1 is 1.39 bits per heavy atom. The first-order valence-electron chi connectivity index (χ1n) is 6.58. The van der Waals surface area contributed by atoms with E-state index in [0.29, 0.717) is 5.92 Å². The second kappa shape index (κ2) is 5.75. The van der Waals surface area contributed by atoms with Gasteiger partial charge in [0.05, 0.1) is 5.92 Å². The quantitative estimate of drug-likeness (QED) is 0.884. The van der Waals surface area contributed by atoms with Crippen LogP contribution in [0.1, 0.15) is 44.1 Å². The zero-order chi connectivity index (χ0) is 13.1. The summed E-state index contributed by atoms with van der Waals surface area (Å²) in [4.78, 5) is 11.2. The Labute approximate surface area is 113 Å². The average Bonchev–Trinajstić information content (AvgIpc) is 2.38. The Bertz CT molecular complexity index is 430. The average molecular weight is 267 g/mol. The van der Waals surface area contributed by atoms with Crippen molar-refractivity contribution in [3.63, 3.8) is 0 Å². The summed E-state index contributed by atoms with van der Waals surface area (Å²) in [6.45, 7) is 1.83. The fraction of sp³-hybridized carbons (Fsp3) is 0.533. The highest BCUT2D eigenvalue weighted by atomic mass is 35.5. The van der Waals surface area contributed by atoms with Gasteiger partial charge in [-0.1, -0.05) is 43.5 Å². The molecule has 1 aliphatic rings. The molecule has 0 amide bonds. The molecule has 0 aliphatic heterocycles. The molecule has 1 aromatic rings. The molecule has 1 aromatic carbocycles. The first-order valence-corrected chi connectivity index (χ1v) is 6.95. The summed E-state index contributed by atoms with van der Waals surface area (Å²) in [6.07, 6.45) is 4.40. The molecule has 1 N–H and O–H groups in total. The molecule has 0 aromatic heterocycles. The van der Waals surface area contributed by atoms with Crippen LogP contribution in [0, 0.1) is 11.8 Å². The number of rotatable bonds is 3. The van der Waals surface area contributed by atoms with Crippen molar-refractivity contribution in [3.05, 3.63) is 34.9 Å². The van der Waals surface area contributed by atoms with E-state index in [2.05, 4.69) is 6.07 Å². The molecule has 0 bridgehead atoms. The first-order chi connectivity index (χ1) is 8.59. The van der Waals surface area contributed by atoms with Gasteiger partial charge in [-0.3, -0.25) is 4.79 Å². The Balaban J connectivity index is 2.25. The van der Waals surface area contributed by atoms with Gasteiger partial charge in [0.1, 0.15) is 0 Å². The molecule has 0 saturated heterocycles. The van der Waals surface area contributed by atoms with Gasteiger partial charge in [-0.25, -0.2) is 0 Å². The fourth-order valence-corrected chi connectivity index (χ4v) is 3.29. The number of hydrogen-bond donors (Lipinski definition) is 1.